The van der Waals surface area contributed by atoms with E-state index in [0.717, 1.165) is 5.92 Å². The molecule has 0 spiro atoms. The molecule has 0 aromatic carbocycles. The molecule has 64 valence electrons. The van der Waals surface area contributed by atoms with E-state index in [1.165, 1.54) is 25.7 Å². The highest BCUT2D eigenvalue weighted by Crippen LogP contribution is 2.70. The van der Waals surface area contributed by atoms with Gasteiger partial charge in [-0.2, -0.15) is 11.1 Å². The predicted molar refractivity (Wildman–Crippen MR) is 52.8 cm³/mol. The average Bonchev–Trinajstić information content (AvgIpc) is 2.39. The van der Waals surface area contributed by atoms with Crippen molar-refractivity contribution in [3.63, 3.8) is 0 Å². The molecule has 0 nitrogen and oxygen atoms in total. The van der Waals surface area contributed by atoms with Gasteiger partial charge in [-0.15, -0.1) is 0 Å². The Morgan fingerprint density at radius 1 is 1.27 bits per heavy atom. The molecule has 2 aliphatic rings. The maximum Gasteiger partial charge on any atom is 0.132 e. The first kappa shape index (κ1) is 8.12. The Morgan fingerprint density at radius 2 is 1.82 bits per heavy atom. The zero-order chi connectivity index (χ0) is 8.11. The lowest BCUT2D eigenvalue weighted by Crippen LogP contribution is -2.27. The highest BCUT2D eigenvalue weighted by molar-refractivity contribution is 6.95. The standard InChI is InChI=1S/C9H17ClSi/c1-8(2)7-3-5-9(8,11-10)6-4-7/h7H,3-6,11H2,1-2H3. The molecular formula is C9H17ClSi. The van der Waals surface area contributed by atoms with Gasteiger partial charge in [-0.25, -0.2) is 0 Å². The Kier molecular flexibility index (Phi) is 1.67. The third-order valence-electron chi connectivity index (χ3n) is 4.59. The fourth-order valence-corrected chi connectivity index (χ4v) is 6.42. The lowest BCUT2D eigenvalue weighted by Gasteiger charge is -2.35. The second kappa shape index (κ2) is 2.26. The first-order chi connectivity index (χ1) is 5.12. The molecule has 0 heterocycles. The maximum atomic E-state index is 6.21. The summed E-state index contributed by atoms with van der Waals surface area (Å²) in [6, 6.07) is 0. The van der Waals surface area contributed by atoms with Crippen molar-refractivity contribution in [1.29, 1.82) is 0 Å². The largest absolute Gasteiger partial charge is 0.176 e. The van der Waals surface area contributed by atoms with Crippen molar-refractivity contribution >= 4 is 19.9 Å². The molecule has 2 saturated carbocycles. The molecular weight excluding hydrogens is 172 g/mol. The van der Waals surface area contributed by atoms with Crippen molar-refractivity contribution in [3.05, 3.63) is 0 Å². The molecule has 0 aromatic heterocycles. The predicted octanol–water partition coefficient (Wildman–Crippen LogP) is 2.70. The molecule has 2 aliphatic carbocycles. The summed E-state index contributed by atoms with van der Waals surface area (Å²) in [4.78, 5) is 0. The summed E-state index contributed by atoms with van der Waals surface area (Å²) in [7, 11) is -0.307. The van der Waals surface area contributed by atoms with Crippen LogP contribution in [0.2, 0.25) is 5.04 Å². The summed E-state index contributed by atoms with van der Waals surface area (Å²) >= 11 is 6.21. The number of halogens is 1. The Bertz CT molecular complexity index is 168. The van der Waals surface area contributed by atoms with Crippen LogP contribution in [-0.4, -0.2) is 8.83 Å². The maximum absolute atomic E-state index is 6.21. The van der Waals surface area contributed by atoms with Crippen LogP contribution >= 0.6 is 11.1 Å². The number of rotatable bonds is 1. The highest BCUT2D eigenvalue weighted by Gasteiger charge is 2.58. The van der Waals surface area contributed by atoms with Crippen LogP contribution in [0.4, 0.5) is 0 Å². The molecule has 0 unspecified atom stereocenters. The second-order valence-electron chi connectivity index (χ2n) is 4.91. The van der Waals surface area contributed by atoms with Gasteiger partial charge in [0.05, 0.1) is 0 Å². The summed E-state index contributed by atoms with van der Waals surface area (Å²) in [5.74, 6) is 1.01. The zero-order valence-corrected chi connectivity index (χ0v) is 9.66. The minimum Gasteiger partial charge on any atom is -0.176 e. The third-order valence-corrected chi connectivity index (χ3v) is 8.25. The number of hydrogen-bond acceptors (Lipinski definition) is 0. The summed E-state index contributed by atoms with van der Waals surface area (Å²) in [6.45, 7) is 4.90. The van der Waals surface area contributed by atoms with E-state index in [9.17, 15) is 0 Å². The quantitative estimate of drug-likeness (QED) is 0.439. The van der Waals surface area contributed by atoms with Crippen molar-refractivity contribution in [2.45, 2.75) is 44.6 Å². The van der Waals surface area contributed by atoms with Gasteiger partial charge in [-0.05, 0) is 42.1 Å². The molecule has 0 aliphatic heterocycles. The second-order valence-corrected chi connectivity index (χ2v) is 7.33. The van der Waals surface area contributed by atoms with E-state index in [1.54, 1.807) is 0 Å². The van der Waals surface area contributed by atoms with E-state index in [1.807, 2.05) is 0 Å². The van der Waals surface area contributed by atoms with E-state index in [4.69, 9.17) is 11.1 Å². The summed E-state index contributed by atoms with van der Waals surface area (Å²) in [5, 5.41) is 0.652. The van der Waals surface area contributed by atoms with E-state index >= 15 is 0 Å². The van der Waals surface area contributed by atoms with Crippen molar-refractivity contribution in [3.8, 4) is 0 Å². The van der Waals surface area contributed by atoms with Crippen molar-refractivity contribution in [2.75, 3.05) is 0 Å². The van der Waals surface area contributed by atoms with Gasteiger partial charge in [0.25, 0.3) is 0 Å². The van der Waals surface area contributed by atoms with E-state index in [0.29, 0.717) is 10.5 Å². The molecule has 11 heavy (non-hydrogen) atoms. The minimum atomic E-state index is -0.307. The van der Waals surface area contributed by atoms with Gasteiger partial charge in [0, 0.05) is 0 Å². The fourth-order valence-electron chi connectivity index (χ4n) is 3.28. The van der Waals surface area contributed by atoms with Gasteiger partial charge >= 0.3 is 0 Å². The van der Waals surface area contributed by atoms with Crippen molar-refractivity contribution < 1.29 is 0 Å². The highest BCUT2D eigenvalue weighted by atomic mass is 35.6. The molecule has 2 bridgehead atoms. The fraction of sp³-hybridized carbons (Fsp3) is 1.00. The first-order valence-corrected chi connectivity index (χ1v) is 7.53. The van der Waals surface area contributed by atoms with Gasteiger partial charge < -0.3 is 0 Å². The van der Waals surface area contributed by atoms with Crippen LogP contribution in [0, 0.1) is 11.3 Å². The summed E-state index contributed by atoms with van der Waals surface area (Å²) < 4.78 is 0. The van der Waals surface area contributed by atoms with Gasteiger partial charge in [-0.1, -0.05) is 13.8 Å². The SMILES string of the molecule is CC1(C)C2CCC1([SiH2]Cl)CC2. The lowest BCUT2D eigenvalue weighted by molar-refractivity contribution is 0.271. The molecule has 2 fully saturated rings. The smallest absolute Gasteiger partial charge is 0.132 e. The Hall–Kier alpha value is 0.507. The number of fused-ring (bicyclic) bond motifs is 2. The van der Waals surface area contributed by atoms with Crippen LogP contribution in [0.3, 0.4) is 0 Å². The molecule has 0 atom stereocenters. The molecule has 0 amide bonds. The third kappa shape index (κ3) is 0.817. The summed E-state index contributed by atoms with van der Waals surface area (Å²) in [5.41, 5.74) is 0.598. The first-order valence-electron chi connectivity index (χ1n) is 4.68. The Morgan fingerprint density at radius 3 is 2.00 bits per heavy atom. The van der Waals surface area contributed by atoms with Crippen molar-refractivity contribution in [1.82, 2.24) is 0 Å². The van der Waals surface area contributed by atoms with E-state index in [-0.39, 0.29) is 8.83 Å². The molecule has 0 radical (unpaired) electrons. The lowest BCUT2D eigenvalue weighted by atomic mass is 9.81. The average molecular weight is 189 g/mol. The van der Waals surface area contributed by atoms with Crippen LogP contribution in [-0.2, 0) is 0 Å². The Labute approximate surface area is 76.2 Å². The zero-order valence-electron chi connectivity index (χ0n) is 7.49. The normalized spacial score (nSPS) is 47.7. The molecule has 0 aromatic rings. The van der Waals surface area contributed by atoms with Crippen LogP contribution < -0.4 is 0 Å². The van der Waals surface area contributed by atoms with Gasteiger partial charge in [0.2, 0.25) is 0 Å². The van der Waals surface area contributed by atoms with Gasteiger partial charge in [0.15, 0.2) is 0 Å². The van der Waals surface area contributed by atoms with Crippen LogP contribution in [0.25, 0.3) is 0 Å². The van der Waals surface area contributed by atoms with Crippen molar-refractivity contribution in [2.24, 2.45) is 11.3 Å². The van der Waals surface area contributed by atoms with Crippen LogP contribution in [0.5, 0.6) is 0 Å². The molecule has 0 N–H and O–H groups in total. The Balaban J connectivity index is 2.34. The molecule has 0 saturated heterocycles. The van der Waals surface area contributed by atoms with E-state index < -0.39 is 0 Å². The molecule has 2 rings (SSSR count). The van der Waals surface area contributed by atoms with Crippen LogP contribution in [0.15, 0.2) is 0 Å². The topological polar surface area (TPSA) is 0 Å². The minimum absolute atomic E-state index is 0.307. The number of hydrogen-bond donors (Lipinski definition) is 0. The van der Waals surface area contributed by atoms with Gasteiger partial charge in [0.1, 0.15) is 8.83 Å². The molecule has 2 heteroatoms. The monoisotopic (exact) mass is 188 g/mol. The van der Waals surface area contributed by atoms with E-state index in [2.05, 4.69) is 13.8 Å². The van der Waals surface area contributed by atoms with Gasteiger partial charge in [-0.3, -0.25) is 0 Å². The van der Waals surface area contributed by atoms with Crippen LogP contribution in [0.1, 0.15) is 39.5 Å². The summed E-state index contributed by atoms with van der Waals surface area (Å²) in [6.07, 6.45) is 5.82.